The third kappa shape index (κ3) is 4.37. The summed E-state index contributed by atoms with van der Waals surface area (Å²) in [5.41, 5.74) is 11.1. The summed E-state index contributed by atoms with van der Waals surface area (Å²) < 4.78 is 2.26. The predicted molar refractivity (Wildman–Crippen MR) is 199 cm³/mol. The van der Waals surface area contributed by atoms with E-state index in [4.69, 9.17) is 0 Å². The Hall–Kier alpha value is -7.13. The topological polar surface area (TPSA) is 79.5 Å². The molecule has 7 aromatic rings. The molecule has 6 aromatic carbocycles. The van der Waals surface area contributed by atoms with Crippen molar-refractivity contribution < 1.29 is 0 Å². The Morgan fingerprint density at radius 2 is 1.24 bits per heavy atom. The molecule has 0 N–H and O–H groups in total. The Labute approximate surface area is 289 Å². The van der Waals surface area contributed by atoms with Crippen LogP contribution in [0.4, 0.5) is 11.4 Å². The van der Waals surface area contributed by atoms with Crippen molar-refractivity contribution in [2.24, 2.45) is 0 Å². The van der Waals surface area contributed by atoms with E-state index in [0.29, 0.717) is 27.8 Å². The van der Waals surface area contributed by atoms with Crippen molar-refractivity contribution in [3.05, 3.63) is 174 Å². The zero-order valence-corrected chi connectivity index (χ0v) is 26.8. The highest BCUT2D eigenvalue weighted by Gasteiger charge is 2.38. The van der Waals surface area contributed by atoms with Crippen LogP contribution >= 0.6 is 0 Å². The highest BCUT2D eigenvalue weighted by molar-refractivity contribution is 6.09. The summed E-state index contributed by atoms with van der Waals surface area (Å²) in [7, 11) is 0. The fourth-order valence-corrected chi connectivity index (χ4v) is 7.89. The summed E-state index contributed by atoms with van der Waals surface area (Å²) >= 11 is 0. The molecule has 232 valence electrons. The fraction of sp³-hybridized carbons (Fsp3) is 0.0444. The van der Waals surface area contributed by atoms with Crippen molar-refractivity contribution in [3.8, 4) is 46.1 Å². The normalized spacial score (nSPS) is 15.9. The Balaban J connectivity index is 1.23. The van der Waals surface area contributed by atoms with E-state index in [0.717, 1.165) is 50.0 Å². The lowest BCUT2D eigenvalue weighted by Crippen LogP contribution is -2.29. The molecule has 0 amide bonds. The number of aromatic nitrogens is 1. The first-order valence-corrected chi connectivity index (χ1v) is 16.5. The molecule has 0 radical (unpaired) electrons. The van der Waals surface area contributed by atoms with Gasteiger partial charge in [0.15, 0.2) is 0 Å². The second kappa shape index (κ2) is 11.5. The van der Waals surface area contributed by atoms with Crippen LogP contribution in [-0.2, 0) is 0 Å². The summed E-state index contributed by atoms with van der Waals surface area (Å²) in [6, 6.07) is 52.3. The third-order valence-corrected chi connectivity index (χ3v) is 10.0. The van der Waals surface area contributed by atoms with Crippen LogP contribution in [0.1, 0.15) is 22.6 Å². The molecular formula is C45H27N5. The Kier molecular flexibility index (Phi) is 6.70. The van der Waals surface area contributed by atoms with Gasteiger partial charge in [-0.25, -0.2) is 0 Å². The molecule has 50 heavy (non-hydrogen) atoms. The molecule has 0 fully saturated rings. The molecule has 0 saturated heterocycles. The van der Waals surface area contributed by atoms with Crippen molar-refractivity contribution in [3.63, 3.8) is 0 Å². The van der Waals surface area contributed by atoms with E-state index in [1.165, 1.54) is 5.56 Å². The van der Waals surface area contributed by atoms with E-state index in [-0.39, 0.29) is 12.0 Å². The van der Waals surface area contributed by atoms with Gasteiger partial charge < -0.3 is 9.47 Å². The molecule has 1 aliphatic heterocycles. The van der Waals surface area contributed by atoms with Crippen LogP contribution < -0.4 is 4.90 Å². The van der Waals surface area contributed by atoms with Crippen LogP contribution in [0.15, 0.2) is 157 Å². The summed E-state index contributed by atoms with van der Waals surface area (Å²) in [6.07, 6.45) is 6.06. The molecule has 2 atom stereocenters. The summed E-state index contributed by atoms with van der Waals surface area (Å²) in [6.45, 7) is 0. The molecule has 5 nitrogen and oxygen atoms in total. The SMILES string of the molecule is N#CC1=CC2c3ccccc3N(c3cccc(-c4cc(C#N)cc(-c5ccccc5-n5c6ccccc6c6ccccc65)c4C#N)c3)C2C=C1. The first-order valence-electron chi connectivity index (χ1n) is 16.5. The zero-order valence-electron chi connectivity index (χ0n) is 26.8. The smallest absolute Gasteiger partial charge is 0.100 e. The van der Waals surface area contributed by atoms with Gasteiger partial charge in [0, 0.05) is 50.3 Å². The number of hydrogen-bond donors (Lipinski definition) is 0. The first kappa shape index (κ1) is 29.0. The lowest BCUT2D eigenvalue weighted by molar-refractivity contribution is 0.741. The third-order valence-electron chi connectivity index (χ3n) is 10.0. The van der Waals surface area contributed by atoms with Crippen molar-refractivity contribution in [2.75, 3.05) is 4.90 Å². The molecule has 0 bridgehead atoms. The van der Waals surface area contributed by atoms with Crippen LogP contribution in [-0.4, -0.2) is 10.6 Å². The van der Waals surface area contributed by atoms with Gasteiger partial charge in [0.2, 0.25) is 0 Å². The van der Waals surface area contributed by atoms with E-state index in [1.807, 2.05) is 72.8 Å². The summed E-state index contributed by atoms with van der Waals surface area (Å²) in [5.74, 6) is 0.0510. The molecule has 5 heteroatoms. The second-order valence-electron chi connectivity index (χ2n) is 12.6. The Bertz CT molecular complexity index is 2670. The number of fused-ring (bicyclic) bond motifs is 6. The number of rotatable bonds is 4. The zero-order chi connectivity index (χ0) is 33.8. The lowest BCUT2D eigenvalue weighted by Gasteiger charge is -2.29. The van der Waals surface area contributed by atoms with Gasteiger partial charge in [-0.05, 0) is 65.7 Å². The van der Waals surface area contributed by atoms with Crippen molar-refractivity contribution in [1.82, 2.24) is 4.57 Å². The quantitative estimate of drug-likeness (QED) is 0.192. The molecule has 1 aromatic heterocycles. The van der Waals surface area contributed by atoms with Crippen LogP contribution in [0.5, 0.6) is 0 Å². The van der Waals surface area contributed by atoms with Crippen LogP contribution in [0.25, 0.3) is 49.7 Å². The van der Waals surface area contributed by atoms with Gasteiger partial charge in [-0.15, -0.1) is 0 Å². The highest BCUT2D eigenvalue weighted by atomic mass is 15.2. The second-order valence-corrected chi connectivity index (χ2v) is 12.6. The summed E-state index contributed by atoms with van der Waals surface area (Å²) in [4.78, 5) is 2.31. The average molecular weight is 638 g/mol. The monoisotopic (exact) mass is 637 g/mol. The number of hydrogen-bond acceptors (Lipinski definition) is 4. The number of benzene rings is 6. The number of allylic oxidation sites excluding steroid dienone is 2. The van der Waals surface area contributed by atoms with Gasteiger partial charge in [-0.1, -0.05) is 97.1 Å². The fourth-order valence-electron chi connectivity index (χ4n) is 7.89. The van der Waals surface area contributed by atoms with Crippen LogP contribution in [0, 0.1) is 34.0 Å². The van der Waals surface area contributed by atoms with E-state index in [1.54, 1.807) is 0 Å². The molecule has 1 aliphatic carbocycles. The minimum atomic E-state index is 0.00860. The highest BCUT2D eigenvalue weighted by Crippen LogP contribution is 2.49. The van der Waals surface area contributed by atoms with Gasteiger partial charge in [-0.3, -0.25) is 0 Å². The molecule has 2 aliphatic rings. The minimum Gasteiger partial charge on any atom is -0.333 e. The Morgan fingerprint density at radius 1 is 0.560 bits per heavy atom. The van der Waals surface area contributed by atoms with Gasteiger partial charge in [0.25, 0.3) is 0 Å². The minimum absolute atomic E-state index is 0.00860. The maximum absolute atomic E-state index is 10.9. The number of para-hydroxylation sites is 4. The van der Waals surface area contributed by atoms with Crippen LogP contribution in [0.3, 0.4) is 0 Å². The molecule has 9 rings (SSSR count). The van der Waals surface area contributed by atoms with Crippen LogP contribution in [0.2, 0.25) is 0 Å². The van der Waals surface area contributed by atoms with Crippen molar-refractivity contribution in [2.45, 2.75) is 12.0 Å². The van der Waals surface area contributed by atoms with E-state index >= 15 is 0 Å². The van der Waals surface area contributed by atoms with E-state index in [2.05, 4.69) is 107 Å². The lowest BCUT2D eigenvalue weighted by atomic mass is 9.88. The molecule has 0 spiro atoms. The first-order chi connectivity index (χ1) is 24.7. The Morgan fingerprint density at radius 3 is 1.98 bits per heavy atom. The average Bonchev–Trinajstić information content (AvgIpc) is 3.70. The predicted octanol–water partition coefficient (Wildman–Crippen LogP) is 10.5. The maximum atomic E-state index is 10.9. The van der Waals surface area contributed by atoms with Crippen molar-refractivity contribution in [1.29, 1.82) is 15.8 Å². The van der Waals surface area contributed by atoms with E-state index in [9.17, 15) is 15.8 Å². The van der Waals surface area contributed by atoms with Gasteiger partial charge >= 0.3 is 0 Å². The molecule has 0 saturated carbocycles. The van der Waals surface area contributed by atoms with Gasteiger partial charge in [0.05, 0.1) is 46.0 Å². The number of nitriles is 3. The number of anilines is 2. The van der Waals surface area contributed by atoms with Gasteiger partial charge in [-0.2, -0.15) is 15.8 Å². The molecule has 2 unspecified atom stereocenters. The van der Waals surface area contributed by atoms with Gasteiger partial charge in [0.1, 0.15) is 6.07 Å². The molecular weight excluding hydrogens is 611 g/mol. The summed E-state index contributed by atoms with van der Waals surface area (Å²) in [5, 5.41) is 33.1. The maximum Gasteiger partial charge on any atom is 0.100 e. The largest absolute Gasteiger partial charge is 0.333 e. The molecule has 2 heterocycles. The van der Waals surface area contributed by atoms with E-state index < -0.39 is 0 Å². The van der Waals surface area contributed by atoms with Crippen molar-refractivity contribution >= 4 is 33.2 Å². The number of nitrogens with zero attached hydrogens (tertiary/aromatic N) is 5. The standard InChI is InChI=1S/C45H27N5/c46-26-29-20-21-45-39(22-29)36-15-4-5-16-41(36)49(45)32-11-9-10-31(25-32)37-23-30(27-47)24-38(40(37)28-48)35-14-3-8-19-44(35)50-42-17-6-1-12-33(42)34-13-2-7-18-43(34)50/h1-25,39,45H.